The first-order chi connectivity index (χ1) is 11.5. The van der Waals surface area contributed by atoms with E-state index in [0.29, 0.717) is 18.7 Å². The van der Waals surface area contributed by atoms with Gasteiger partial charge in [-0.2, -0.15) is 0 Å². The summed E-state index contributed by atoms with van der Waals surface area (Å²) in [6.45, 7) is 6.32. The minimum absolute atomic E-state index is 0.00342. The molecule has 5 nitrogen and oxygen atoms in total. The number of aromatic nitrogens is 2. The number of carbonyl (C=O) groups is 1. The third-order valence-electron chi connectivity index (χ3n) is 3.75. The van der Waals surface area contributed by atoms with Crippen LogP contribution >= 0.6 is 22.7 Å². The predicted molar refractivity (Wildman–Crippen MR) is 96.6 cm³/mol. The predicted octanol–water partition coefficient (Wildman–Crippen LogP) is 3.69. The summed E-state index contributed by atoms with van der Waals surface area (Å²) in [7, 11) is 0. The van der Waals surface area contributed by atoms with Crippen LogP contribution in [0, 0.1) is 20.8 Å². The van der Waals surface area contributed by atoms with Crippen molar-refractivity contribution in [2.45, 2.75) is 33.6 Å². The highest BCUT2D eigenvalue weighted by Gasteiger charge is 2.13. The standard InChI is InChI=1S/C17H19N3O2S2/c1-10-14(11(2)22-20-10)8-17(21)18-7-6-13-4-5-16(24-13)15-9-23-12(3)19-15/h4-5,9H,6-8H2,1-3H3,(H,18,21). The first kappa shape index (κ1) is 16.9. The van der Waals surface area contributed by atoms with Crippen LogP contribution < -0.4 is 5.32 Å². The van der Waals surface area contributed by atoms with E-state index in [1.54, 1.807) is 22.7 Å². The largest absolute Gasteiger partial charge is 0.361 e. The Labute approximate surface area is 148 Å². The van der Waals surface area contributed by atoms with Crippen molar-refractivity contribution < 1.29 is 9.32 Å². The molecule has 0 fully saturated rings. The molecule has 0 radical (unpaired) electrons. The second kappa shape index (κ2) is 7.27. The Morgan fingerprint density at radius 1 is 1.29 bits per heavy atom. The second-order valence-corrected chi connectivity index (χ2v) is 7.83. The van der Waals surface area contributed by atoms with Gasteiger partial charge in [0.1, 0.15) is 5.76 Å². The van der Waals surface area contributed by atoms with Gasteiger partial charge in [0, 0.05) is 22.4 Å². The molecule has 0 unspecified atom stereocenters. The van der Waals surface area contributed by atoms with Crippen LogP contribution in [0.2, 0.25) is 0 Å². The molecule has 0 saturated heterocycles. The summed E-state index contributed by atoms with van der Waals surface area (Å²) in [4.78, 5) is 19.0. The Balaban J connectivity index is 1.50. The van der Waals surface area contributed by atoms with Crippen molar-refractivity contribution in [3.05, 3.63) is 44.4 Å². The molecule has 3 heterocycles. The van der Waals surface area contributed by atoms with Crippen molar-refractivity contribution in [2.75, 3.05) is 6.54 Å². The molecule has 0 spiro atoms. The summed E-state index contributed by atoms with van der Waals surface area (Å²) >= 11 is 3.39. The summed E-state index contributed by atoms with van der Waals surface area (Å²) in [5.74, 6) is 0.709. The van der Waals surface area contributed by atoms with Gasteiger partial charge in [0.05, 0.1) is 27.7 Å². The molecule has 3 aromatic heterocycles. The zero-order valence-electron chi connectivity index (χ0n) is 13.9. The number of thiazole rings is 1. The molecule has 0 aliphatic rings. The number of rotatable bonds is 6. The van der Waals surface area contributed by atoms with Gasteiger partial charge < -0.3 is 9.84 Å². The average Bonchev–Trinajstić information content (AvgIpc) is 3.24. The third kappa shape index (κ3) is 3.91. The molecule has 0 bridgehead atoms. The number of hydrogen-bond acceptors (Lipinski definition) is 6. The monoisotopic (exact) mass is 361 g/mol. The molecule has 7 heteroatoms. The smallest absolute Gasteiger partial charge is 0.224 e. The number of hydrogen-bond donors (Lipinski definition) is 1. The number of nitrogens with zero attached hydrogens (tertiary/aromatic N) is 2. The molecule has 1 N–H and O–H groups in total. The molecule has 126 valence electrons. The van der Waals surface area contributed by atoms with Gasteiger partial charge in [0.15, 0.2) is 0 Å². The van der Waals surface area contributed by atoms with Gasteiger partial charge in [-0.1, -0.05) is 5.16 Å². The molecule has 0 aliphatic carbocycles. The first-order valence-corrected chi connectivity index (χ1v) is 9.42. The van der Waals surface area contributed by atoms with Crippen molar-refractivity contribution in [1.82, 2.24) is 15.5 Å². The van der Waals surface area contributed by atoms with Crippen LogP contribution in [0.3, 0.4) is 0 Å². The SMILES string of the molecule is Cc1nc(-c2ccc(CCNC(=O)Cc3c(C)noc3C)s2)cs1. The van der Waals surface area contributed by atoms with Gasteiger partial charge in [0.25, 0.3) is 0 Å². The second-order valence-electron chi connectivity index (χ2n) is 5.60. The maximum atomic E-state index is 12.0. The summed E-state index contributed by atoms with van der Waals surface area (Å²) in [5.41, 5.74) is 2.70. The van der Waals surface area contributed by atoms with E-state index >= 15 is 0 Å². The van der Waals surface area contributed by atoms with Crippen molar-refractivity contribution >= 4 is 28.6 Å². The fourth-order valence-corrected chi connectivity index (χ4v) is 4.08. The molecule has 0 saturated carbocycles. The van der Waals surface area contributed by atoms with Crippen LogP contribution in [0.15, 0.2) is 22.0 Å². The summed E-state index contributed by atoms with van der Waals surface area (Å²) < 4.78 is 5.08. The molecule has 0 aromatic carbocycles. The zero-order valence-corrected chi connectivity index (χ0v) is 15.5. The highest BCUT2D eigenvalue weighted by molar-refractivity contribution is 7.16. The summed E-state index contributed by atoms with van der Waals surface area (Å²) in [6.07, 6.45) is 1.14. The van der Waals surface area contributed by atoms with E-state index in [2.05, 4.69) is 33.0 Å². The van der Waals surface area contributed by atoms with Crippen LogP contribution in [0.4, 0.5) is 0 Å². The summed E-state index contributed by atoms with van der Waals surface area (Å²) in [5, 5.41) is 9.99. The van der Waals surface area contributed by atoms with Gasteiger partial charge in [0.2, 0.25) is 5.91 Å². The Morgan fingerprint density at radius 3 is 2.79 bits per heavy atom. The van der Waals surface area contributed by atoms with Crippen molar-refractivity contribution in [2.24, 2.45) is 0 Å². The van der Waals surface area contributed by atoms with Crippen LogP contribution in [0.1, 0.15) is 26.9 Å². The molecule has 0 aliphatic heterocycles. The molecule has 0 atom stereocenters. The van der Waals surface area contributed by atoms with Gasteiger partial charge >= 0.3 is 0 Å². The Bertz CT molecular complexity index is 828. The minimum Gasteiger partial charge on any atom is -0.361 e. The topological polar surface area (TPSA) is 68.0 Å². The van der Waals surface area contributed by atoms with Gasteiger partial charge in [-0.3, -0.25) is 4.79 Å². The van der Waals surface area contributed by atoms with Crippen LogP contribution in [0.5, 0.6) is 0 Å². The van der Waals surface area contributed by atoms with Gasteiger partial charge in [-0.15, -0.1) is 22.7 Å². The number of thiophene rings is 1. The van der Waals surface area contributed by atoms with Crippen molar-refractivity contribution in [1.29, 1.82) is 0 Å². The highest BCUT2D eigenvalue weighted by Crippen LogP contribution is 2.29. The average molecular weight is 361 g/mol. The third-order valence-corrected chi connectivity index (χ3v) is 5.69. The van der Waals surface area contributed by atoms with Crippen LogP contribution in [0.25, 0.3) is 10.6 Å². The fourth-order valence-electron chi connectivity index (χ4n) is 2.43. The van der Waals surface area contributed by atoms with Crippen LogP contribution in [-0.2, 0) is 17.6 Å². The maximum Gasteiger partial charge on any atom is 0.224 e. The molecule has 3 rings (SSSR count). The molecule has 3 aromatic rings. The number of aryl methyl sites for hydroxylation is 3. The lowest BCUT2D eigenvalue weighted by Gasteiger charge is -2.04. The lowest BCUT2D eigenvalue weighted by atomic mass is 10.1. The van der Waals surface area contributed by atoms with E-state index in [0.717, 1.165) is 28.4 Å². The Kier molecular flexibility index (Phi) is 5.11. The summed E-state index contributed by atoms with van der Waals surface area (Å²) in [6, 6.07) is 4.20. The van der Waals surface area contributed by atoms with Crippen molar-refractivity contribution in [3.8, 4) is 10.6 Å². The van der Waals surface area contributed by atoms with E-state index < -0.39 is 0 Å². The number of amides is 1. The Hall–Kier alpha value is -1.99. The van der Waals surface area contributed by atoms with E-state index in [4.69, 9.17) is 4.52 Å². The lowest BCUT2D eigenvalue weighted by Crippen LogP contribution is -2.27. The minimum atomic E-state index is -0.00342. The van der Waals surface area contributed by atoms with E-state index in [1.807, 2.05) is 20.8 Å². The van der Waals surface area contributed by atoms with Crippen LogP contribution in [-0.4, -0.2) is 22.6 Å². The number of carbonyl (C=O) groups excluding carboxylic acids is 1. The quantitative estimate of drug-likeness (QED) is 0.727. The van der Waals surface area contributed by atoms with Crippen molar-refractivity contribution in [3.63, 3.8) is 0 Å². The van der Waals surface area contributed by atoms with E-state index in [9.17, 15) is 4.79 Å². The maximum absolute atomic E-state index is 12.0. The molecular weight excluding hydrogens is 342 g/mol. The lowest BCUT2D eigenvalue weighted by molar-refractivity contribution is -0.120. The molecule has 24 heavy (non-hydrogen) atoms. The number of nitrogens with one attached hydrogen (secondary N) is 1. The molecule has 1 amide bonds. The fraction of sp³-hybridized carbons (Fsp3) is 0.353. The molecular formula is C17H19N3O2S2. The Morgan fingerprint density at radius 2 is 2.12 bits per heavy atom. The zero-order chi connectivity index (χ0) is 17.1. The van der Waals surface area contributed by atoms with E-state index in [-0.39, 0.29) is 5.91 Å². The van der Waals surface area contributed by atoms with E-state index in [1.165, 1.54) is 9.75 Å². The first-order valence-electron chi connectivity index (χ1n) is 7.72. The highest BCUT2D eigenvalue weighted by atomic mass is 32.1. The normalized spacial score (nSPS) is 11.0. The van der Waals surface area contributed by atoms with Gasteiger partial charge in [-0.05, 0) is 39.3 Å². The van der Waals surface area contributed by atoms with Gasteiger partial charge in [-0.25, -0.2) is 4.98 Å².